The Balaban J connectivity index is 2.19. The number of benzene rings is 1. The van der Waals surface area contributed by atoms with Gasteiger partial charge in [0.1, 0.15) is 11.8 Å². The maximum Gasteiger partial charge on any atom is 0.152 e. The standard InChI is InChI=1S/C20H22N4S/c1-5-15-6-8-16(9-7-15)17-10-18(14(4)11-25-13(2)3)24-19(17)20(21)22-12-23-24/h6-12H,2,5H2,1,3-4H3,(H2,21,22,23)/b14-11+. The zero-order valence-electron chi connectivity index (χ0n) is 14.8. The fourth-order valence-electron chi connectivity index (χ4n) is 2.74. The first-order valence-corrected chi connectivity index (χ1v) is 9.10. The molecule has 0 radical (unpaired) electrons. The molecule has 0 aliphatic heterocycles. The molecule has 5 heteroatoms. The third-order valence-corrected chi connectivity index (χ3v) is 4.97. The van der Waals surface area contributed by atoms with Crippen LogP contribution in [-0.4, -0.2) is 14.6 Å². The summed E-state index contributed by atoms with van der Waals surface area (Å²) >= 11 is 1.61. The molecule has 4 nitrogen and oxygen atoms in total. The lowest BCUT2D eigenvalue weighted by Crippen LogP contribution is -2.01. The van der Waals surface area contributed by atoms with E-state index in [9.17, 15) is 0 Å². The van der Waals surface area contributed by atoms with Crippen LogP contribution >= 0.6 is 11.8 Å². The van der Waals surface area contributed by atoms with Crippen LogP contribution in [0.4, 0.5) is 5.82 Å². The van der Waals surface area contributed by atoms with Gasteiger partial charge in [-0.2, -0.15) is 5.10 Å². The number of nitrogens with zero attached hydrogens (tertiary/aromatic N) is 3. The van der Waals surface area contributed by atoms with E-state index in [-0.39, 0.29) is 0 Å². The van der Waals surface area contributed by atoms with Crippen LogP contribution < -0.4 is 5.73 Å². The van der Waals surface area contributed by atoms with Crippen molar-refractivity contribution in [1.82, 2.24) is 14.6 Å². The maximum absolute atomic E-state index is 6.18. The molecular formula is C20H22N4S. The summed E-state index contributed by atoms with van der Waals surface area (Å²) < 4.78 is 1.87. The normalized spacial score (nSPS) is 11.9. The van der Waals surface area contributed by atoms with E-state index in [1.54, 1.807) is 11.8 Å². The van der Waals surface area contributed by atoms with Crippen molar-refractivity contribution in [3.05, 3.63) is 64.8 Å². The molecule has 0 saturated heterocycles. The van der Waals surface area contributed by atoms with Crippen LogP contribution in [-0.2, 0) is 6.42 Å². The highest BCUT2D eigenvalue weighted by molar-refractivity contribution is 8.05. The number of allylic oxidation sites excluding steroid dienone is 2. The van der Waals surface area contributed by atoms with Crippen LogP contribution in [0.3, 0.4) is 0 Å². The van der Waals surface area contributed by atoms with Gasteiger partial charge in [0.25, 0.3) is 0 Å². The number of aryl methyl sites for hydroxylation is 1. The number of fused-ring (bicyclic) bond motifs is 1. The third kappa shape index (κ3) is 3.46. The highest BCUT2D eigenvalue weighted by Crippen LogP contribution is 2.33. The molecule has 0 atom stereocenters. The molecule has 3 aromatic rings. The highest BCUT2D eigenvalue weighted by atomic mass is 32.2. The Labute approximate surface area is 152 Å². The first-order valence-electron chi connectivity index (χ1n) is 8.22. The van der Waals surface area contributed by atoms with Crippen molar-refractivity contribution in [1.29, 1.82) is 0 Å². The van der Waals surface area contributed by atoms with Gasteiger partial charge >= 0.3 is 0 Å². The topological polar surface area (TPSA) is 56.2 Å². The third-order valence-electron chi connectivity index (χ3n) is 4.10. The minimum atomic E-state index is 0.483. The predicted molar refractivity (Wildman–Crippen MR) is 108 cm³/mol. The van der Waals surface area contributed by atoms with Gasteiger partial charge in [-0.1, -0.05) is 37.8 Å². The van der Waals surface area contributed by atoms with E-state index in [1.165, 1.54) is 11.9 Å². The van der Waals surface area contributed by atoms with E-state index in [2.05, 4.69) is 66.2 Å². The summed E-state index contributed by atoms with van der Waals surface area (Å²) in [5.41, 5.74) is 12.6. The Kier molecular flexibility index (Phi) is 4.95. The second-order valence-corrected chi connectivity index (χ2v) is 7.19. The molecular weight excluding hydrogens is 328 g/mol. The zero-order chi connectivity index (χ0) is 18.0. The van der Waals surface area contributed by atoms with Gasteiger partial charge in [0.2, 0.25) is 0 Å². The molecule has 0 aliphatic carbocycles. The van der Waals surface area contributed by atoms with Crippen LogP contribution in [0.5, 0.6) is 0 Å². The summed E-state index contributed by atoms with van der Waals surface area (Å²) in [6, 6.07) is 10.7. The second kappa shape index (κ2) is 7.15. The molecule has 0 saturated carbocycles. The lowest BCUT2D eigenvalue weighted by Gasteiger charge is -2.04. The van der Waals surface area contributed by atoms with E-state index < -0.39 is 0 Å². The van der Waals surface area contributed by atoms with Crippen molar-refractivity contribution in [3.63, 3.8) is 0 Å². The Bertz CT molecular complexity index is 952. The SMILES string of the molecule is C=C(C)S/C=C(\C)c1cc(-c2ccc(CC)cc2)c2c(N)ncnn12. The maximum atomic E-state index is 6.18. The molecule has 3 rings (SSSR count). The molecule has 0 fully saturated rings. The van der Waals surface area contributed by atoms with Gasteiger partial charge in [0.15, 0.2) is 5.82 Å². The lowest BCUT2D eigenvalue weighted by atomic mass is 10.0. The number of anilines is 1. The van der Waals surface area contributed by atoms with Gasteiger partial charge in [0, 0.05) is 5.56 Å². The van der Waals surface area contributed by atoms with Crippen molar-refractivity contribution in [3.8, 4) is 11.1 Å². The van der Waals surface area contributed by atoms with Crippen molar-refractivity contribution in [2.45, 2.75) is 27.2 Å². The average molecular weight is 350 g/mol. The number of nitrogens with two attached hydrogens (primary N) is 1. The quantitative estimate of drug-likeness (QED) is 0.690. The second-order valence-electron chi connectivity index (χ2n) is 6.02. The fourth-order valence-corrected chi connectivity index (χ4v) is 3.24. The van der Waals surface area contributed by atoms with Crippen LogP contribution in [0, 0.1) is 0 Å². The molecule has 0 aliphatic rings. The van der Waals surface area contributed by atoms with E-state index in [0.717, 1.165) is 39.2 Å². The van der Waals surface area contributed by atoms with E-state index in [4.69, 9.17) is 5.73 Å². The molecule has 1 aromatic carbocycles. The van der Waals surface area contributed by atoms with Gasteiger partial charge in [-0.3, -0.25) is 0 Å². The van der Waals surface area contributed by atoms with E-state index >= 15 is 0 Å². The lowest BCUT2D eigenvalue weighted by molar-refractivity contribution is 0.894. The van der Waals surface area contributed by atoms with Crippen LogP contribution in [0.1, 0.15) is 32.0 Å². The molecule has 25 heavy (non-hydrogen) atoms. The summed E-state index contributed by atoms with van der Waals surface area (Å²) in [6.07, 6.45) is 2.52. The summed E-state index contributed by atoms with van der Waals surface area (Å²) in [5, 5.41) is 6.51. The average Bonchev–Trinajstić information content (AvgIpc) is 3.01. The number of nitrogen functional groups attached to an aromatic ring is 1. The van der Waals surface area contributed by atoms with Gasteiger partial charge < -0.3 is 5.73 Å². The van der Waals surface area contributed by atoms with Crippen LogP contribution in [0.25, 0.3) is 22.2 Å². The summed E-state index contributed by atoms with van der Waals surface area (Å²) in [7, 11) is 0. The molecule has 2 N–H and O–H groups in total. The largest absolute Gasteiger partial charge is 0.382 e. The van der Waals surface area contributed by atoms with Crippen molar-refractivity contribution < 1.29 is 0 Å². The van der Waals surface area contributed by atoms with E-state index in [1.807, 2.05) is 11.4 Å². The van der Waals surface area contributed by atoms with Gasteiger partial charge in [0.05, 0.1) is 5.69 Å². The molecule has 2 aromatic heterocycles. The predicted octanol–water partition coefficient (Wildman–Crippen LogP) is 5.17. The molecule has 0 amide bonds. The van der Waals surface area contributed by atoms with Gasteiger partial charge in [-0.05, 0) is 53.3 Å². The number of aromatic nitrogens is 3. The fraction of sp³-hybridized carbons (Fsp3) is 0.200. The summed E-state index contributed by atoms with van der Waals surface area (Å²) in [6.45, 7) is 10.1. The van der Waals surface area contributed by atoms with Crippen LogP contribution in [0.2, 0.25) is 0 Å². The highest BCUT2D eigenvalue weighted by Gasteiger charge is 2.16. The number of rotatable bonds is 5. The Morgan fingerprint density at radius 3 is 2.64 bits per heavy atom. The molecule has 0 bridgehead atoms. The Morgan fingerprint density at radius 2 is 2.00 bits per heavy atom. The minimum Gasteiger partial charge on any atom is -0.382 e. The zero-order valence-corrected chi connectivity index (χ0v) is 15.6. The number of hydrogen-bond acceptors (Lipinski definition) is 4. The summed E-state index contributed by atoms with van der Waals surface area (Å²) in [5.74, 6) is 0.483. The first kappa shape index (κ1) is 17.3. The van der Waals surface area contributed by atoms with Crippen LogP contribution in [0.15, 0.2) is 53.6 Å². The van der Waals surface area contributed by atoms with Crippen molar-refractivity contribution in [2.24, 2.45) is 0 Å². The van der Waals surface area contributed by atoms with Gasteiger partial charge in [-0.25, -0.2) is 9.50 Å². The molecule has 0 spiro atoms. The minimum absolute atomic E-state index is 0.483. The molecule has 128 valence electrons. The molecule has 0 unspecified atom stereocenters. The van der Waals surface area contributed by atoms with Gasteiger partial charge in [-0.15, -0.1) is 11.8 Å². The first-order chi connectivity index (χ1) is 12.0. The van der Waals surface area contributed by atoms with E-state index in [0.29, 0.717) is 5.82 Å². The monoisotopic (exact) mass is 350 g/mol. The number of hydrogen-bond donors (Lipinski definition) is 1. The Hall–Kier alpha value is -2.53. The molecule has 2 heterocycles. The van der Waals surface area contributed by atoms with Crippen molar-refractivity contribution >= 4 is 28.7 Å². The number of thioether (sulfide) groups is 1. The van der Waals surface area contributed by atoms with Crippen molar-refractivity contribution in [2.75, 3.05) is 5.73 Å². The smallest absolute Gasteiger partial charge is 0.152 e. The Morgan fingerprint density at radius 1 is 1.28 bits per heavy atom. The summed E-state index contributed by atoms with van der Waals surface area (Å²) in [4.78, 5) is 5.23.